The molecule has 8 aliphatic rings. The van der Waals surface area contributed by atoms with E-state index in [2.05, 4.69) is 75.0 Å². The lowest BCUT2D eigenvalue weighted by atomic mass is 9.79. The zero-order valence-electron chi connectivity index (χ0n) is 85.0. The maximum Gasteiger partial charge on any atom is 0.323 e. The van der Waals surface area contributed by atoms with Gasteiger partial charge in [-0.25, -0.2) is 0 Å². The number of hydrogen-bond acceptors (Lipinski definition) is 24. The van der Waals surface area contributed by atoms with Crippen molar-refractivity contribution in [2.75, 3.05) is 109 Å². The molecule has 0 saturated carbocycles. The van der Waals surface area contributed by atoms with Crippen LogP contribution in [-0.2, 0) is 63.8 Å². The van der Waals surface area contributed by atoms with Crippen LogP contribution in [0.15, 0.2) is 48.5 Å². The van der Waals surface area contributed by atoms with Crippen LogP contribution in [0.3, 0.4) is 0 Å². The fraction of sp³-hybridized carbons (Fsp3) is 0.708. The number of nitrogens with two attached hydrogens (primary N) is 4. The van der Waals surface area contributed by atoms with E-state index in [1.165, 1.54) is 25.3 Å². The van der Waals surface area contributed by atoms with Gasteiger partial charge in [0.1, 0.15) is 48.5 Å². The van der Waals surface area contributed by atoms with E-state index >= 15 is 0 Å². The van der Waals surface area contributed by atoms with E-state index in [0.717, 1.165) is 142 Å². The second kappa shape index (κ2) is 43.9. The highest BCUT2D eigenvalue weighted by atomic mass is 16.6. The molecule has 24 nitrogen and oxygen atoms in total. The quantitative estimate of drug-likeness (QED) is 0.0303. The van der Waals surface area contributed by atoms with Gasteiger partial charge in [0, 0.05) is 126 Å². The molecular formula is C96H152N8O16. The lowest BCUT2D eigenvalue weighted by molar-refractivity contribution is -0.161. The molecule has 0 aliphatic carbocycles. The molecule has 4 fully saturated rings. The Morgan fingerprint density at radius 1 is 0.333 bits per heavy atom. The Labute approximate surface area is 731 Å². The van der Waals surface area contributed by atoms with Gasteiger partial charge in [0.25, 0.3) is 0 Å². The molecule has 4 aromatic carbocycles. The van der Waals surface area contributed by atoms with Crippen molar-refractivity contribution in [3.05, 3.63) is 93.0 Å². The van der Waals surface area contributed by atoms with Gasteiger partial charge in [-0.05, 0) is 192 Å². The number of carbonyl (C=O) groups excluding carboxylic acids is 4. The summed E-state index contributed by atoms with van der Waals surface area (Å²) in [5.41, 5.74) is 32.9. The van der Waals surface area contributed by atoms with E-state index in [-0.39, 0.29) is 95.1 Å². The van der Waals surface area contributed by atoms with Crippen molar-refractivity contribution in [3.63, 3.8) is 0 Å². The first-order valence-corrected chi connectivity index (χ1v) is 44.0. The summed E-state index contributed by atoms with van der Waals surface area (Å²) in [4.78, 5) is 60.7. The van der Waals surface area contributed by atoms with E-state index in [0.29, 0.717) is 78.9 Å². The largest absolute Gasteiger partial charge is 0.493 e. The average Bonchev–Trinajstić information content (AvgIpc) is 0.749. The summed E-state index contributed by atoms with van der Waals surface area (Å²) < 4.78 is 140. The third kappa shape index (κ3) is 23.8. The molecule has 0 amide bonds. The minimum Gasteiger partial charge on any atom is -0.493 e. The molecule has 0 aromatic heterocycles. The molecule has 12 rings (SSSR count). The van der Waals surface area contributed by atoms with Gasteiger partial charge in [-0.3, -0.25) is 38.8 Å². The molecule has 120 heavy (non-hydrogen) atoms. The highest BCUT2D eigenvalue weighted by Crippen LogP contribution is 2.50. The van der Waals surface area contributed by atoms with Crippen LogP contribution < -0.4 is 60.8 Å². The van der Waals surface area contributed by atoms with Crippen LogP contribution in [0, 0.1) is 71.0 Å². The number of piperidine rings is 4. The Bertz CT molecular complexity index is 4290. The highest BCUT2D eigenvalue weighted by molar-refractivity contribution is 5.77. The molecule has 24 heteroatoms. The number of benzene rings is 4. The van der Waals surface area contributed by atoms with Gasteiger partial charge in [0.05, 0.1) is 69.1 Å². The van der Waals surface area contributed by atoms with E-state index in [1.54, 1.807) is 46.6 Å². The Morgan fingerprint density at radius 3 is 0.783 bits per heavy atom. The monoisotopic (exact) mass is 1680 g/mol. The highest BCUT2D eigenvalue weighted by Gasteiger charge is 2.47. The maximum absolute atomic E-state index is 12.8. The molecule has 12 unspecified atom stereocenters. The Balaban J connectivity index is 0.000000194. The second-order valence-electron chi connectivity index (χ2n) is 37.4. The molecule has 0 spiro atoms. The first kappa shape index (κ1) is 83.7. The van der Waals surface area contributed by atoms with Crippen LogP contribution >= 0.6 is 0 Å². The van der Waals surface area contributed by atoms with Crippen LogP contribution in [0.5, 0.6) is 46.0 Å². The van der Waals surface area contributed by atoms with Crippen molar-refractivity contribution in [2.24, 2.45) is 93.9 Å². The predicted octanol–water partition coefficient (Wildman–Crippen LogP) is 14.3. The molecule has 8 heterocycles. The minimum atomic E-state index is -2.59. The van der Waals surface area contributed by atoms with Gasteiger partial charge in [-0.15, -0.1) is 0 Å². The fourth-order valence-corrected chi connectivity index (χ4v) is 18.7. The molecular weight excluding hydrogens is 1520 g/mol. The molecule has 672 valence electrons. The molecule has 4 saturated heterocycles. The Kier molecular flexibility index (Phi) is 30.7. The summed E-state index contributed by atoms with van der Waals surface area (Å²) in [6, 6.07) is 12.3. The lowest BCUT2D eigenvalue weighted by Gasteiger charge is -2.47. The smallest absolute Gasteiger partial charge is 0.323 e. The number of methoxy groups -OCH3 is 8. The van der Waals surface area contributed by atoms with Gasteiger partial charge in [0.15, 0.2) is 46.0 Å². The maximum atomic E-state index is 12.8. The normalized spacial score (nSPS) is 28.1. The van der Waals surface area contributed by atoms with E-state index in [1.807, 2.05) is 85.7 Å². The average molecular weight is 1680 g/mol. The van der Waals surface area contributed by atoms with Crippen molar-refractivity contribution in [2.45, 2.75) is 261 Å². The third-order valence-corrected chi connectivity index (χ3v) is 25.6. The van der Waals surface area contributed by atoms with Gasteiger partial charge < -0.3 is 79.8 Å². The van der Waals surface area contributed by atoms with Crippen molar-refractivity contribution >= 4 is 23.9 Å². The number of fused-ring (bicyclic) bond motifs is 12. The standard InChI is InChI=1S/4C24H38N2O4/c4*1-14(2)9-17-13-26-8-7-16-10-21(28-5)22(29-6)11-18(16)19(26)12-20(17)30-24(27)23(25)15(3)4/h4*10-11,14-15,17,19-20,23H,7-9,12-13,25H2,1-6H3/t4*17?,19?,20?,23-/m0000/s1/i5D3,20D;2*20D;5D3. The summed E-state index contributed by atoms with van der Waals surface area (Å²) in [6.45, 7) is 38.7. The van der Waals surface area contributed by atoms with Gasteiger partial charge in [0.2, 0.25) is 0 Å². The first-order chi connectivity index (χ1) is 60.3. The Hall–Kier alpha value is -7.16. The van der Waals surface area contributed by atoms with Gasteiger partial charge in [-0.1, -0.05) is 111 Å². The van der Waals surface area contributed by atoms with Crippen LogP contribution in [0.25, 0.3) is 0 Å². The topological polar surface area (TPSA) is 296 Å². The number of ether oxygens (including phenoxy) is 12. The third-order valence-electron chi connectivity index (χ3n) is 25.6. The summed E-state index contributed by atoms with van der Waals surface area (Å²) in [5, 5.41) is 0. The number of hydrogen-bond donors (Lipinski definition) is 4. The van der Waals surface area contributed by atoms with E-state index in [4.69, 9.17) is 88.0 Å². The predicted molar refractivity (Wildman–Crippen MR) is 471 cm³/mol. The van der Waals surface area contributed by atoms with Crippen LogP contribution in [0.2, 0.25) is 0 Å². The van der Waals surface area contributed by atoms with Gasteiger partial charge in [-0.2, -0.15) is 0 Å². The van der Waals surface area contributed by atoms with E-state index in [9.17, 15) is 23.3 Å². The Morgan fingerprint density at radius 2 is 0.550 bits per heavy atom. The molecule has 8 aliphatic heterocycles. The van der Waals surface area contributed by atoms with Crippen molar-refractivity contribution in [1.82, 2.24) is 19.6 Å². The van der Waals surface area contributed by atoms with Crippen molar-refractivity contribution in [1.29, 1.82) is 0 Å². The van der Waals surface area contributed by atoms with Crippen LogP contribution in [0.1, 0.15) is 243 Å². The summed E-state index contributed by atoms with van der Waals surface area (Å²) >= 11 is 0. The molecule has 0 radical (unpaired) electrons. The fourth-order valence-electron chi connectivity index (χ4n) is 18.7. The summed E-state index contributed by atoms with van der Waals surface area (Å²) in [6.07, 6.45) is 4.32. The molecule has 0 bridgehead atoms. The molecule has 4 aromatic rings. The zero-order chi connectivity index (χ0) is 95.8. The number of esters is 4. The van der Waals surface area contributed by atoms with Crippen LogP contribution in [-0.4, -0.2) is 201 Å². The van der Waals surface area contributed by atoms with E-state index < -0.39 is 74.4 Å². The van der Waals surface area contributed by atoms with Gasteiger partial charge >= 0.3 is 23.9 Å². The molecule has 16 atom stereocenters. The minimum absolute atomic E-state index is 0.00690. The zero-order valence-corrected chi connectivity index (χ0v) is 76.0. The summed E-state index contributed by atoms with van der Waals surface area (Å²) in [5.74, 6) is 3.57. The van der Waals surface area contributed by atoms with Crippen molar-refractivity contribution in [3.8, 4) is 46.0 Å². The first-order valence-electron chi connectivity index (χ1n) is 48.5. The second-order valence-corrected chi connectivity index (χ2v) is 37.4. The lowest BCUT2D eigenvalue weighted by Crippen LogP contribution is -2.51. The molecule has 8 N–H and O–H groups in total. The number of nitrogens with zero attached hydrogens (tertiary/aromatic N) is 4. The van der Waals surface area contributed by atoms with Crippen LogP contribution in [0.4, 0.5) is 0 Å². The summed E-state index contributed by atoms with van der Waals surface area (Å²) in [7, 11) is 4.39. The number of carbonyl (C=O) groups is 4. The van der Waals surface area contributed by atoms with Crippen molar-refractivity contribution < 1.29 is 88.4 Å². The SMILES string of the molecule is [2H]C([2H])([2H])Oc1cc2c(cc1OC)C1CC(OC(=O)[C@@H](N)C(C)C)C(CC(C)C)CN1CC2.[2H]C([2H])([2H])Oc1cc2c(cc1OC)C1CC([2H])(OC(=O)[C@@H](N)C(C)C)C(CC(C)C)CN1CC2.[2H]C1(OC(=O)[C@@H](N)C(C)C)CC2c3cc(OC)c(OC)cc3CCN2CC1CC(C)C.[2H]C1(OC(=O)[C@@H](N)C(C)C)CC2c3cc(OC)c(OC)cc3CCN2CC1CC(C)C. The number of rotatable bonds is 28.